The van der Waals surface area contributed by atoms with Crippen LogP contribution in [0.3, 0.4) is 0 Å². The summed E-state index contributed by atoms with van der Waals surface area (Å²) in [6, 6.07) is 4.46. The molecule has 6 heteroatoms. The molecule has 118 valence electrons. The van der Waals surface area contributed by atoms with E-state index in [1.54, 1.807) is 11.3 Å². The lowest BCUT2D eigenvalue weighted by Gasteiger charge is -2.26. The summed E-state index contributed by atoms with van der Waals surface area (Å²) >= 11 is 1.58. The number of aryl methyl sites for hydroxylation is 1. The fourth-order valence-electron chi connectivity index (χ4n) is 2.79. The molecule has 3 N–H and O–H groups in total. The van der Waals surface area contributed by atoms with Gasteiger partial charge in [0.05, 0.1) is 17.0 Å². The summed E-state index contributed by atoms with van der Waals surface area (Å²) in [5, 5.41) is 5.07. The normalized spacial score (nSPS) is 21.7. The van der Waals surface area contributed by atoms with Gasteiger partial charge in [0.25, 0.3) is 0 Å². The first-order chi connectivity index (χ1) is 10.6. The van der Waals surface area contributed by atoms with Crippen LogP contribution in [-0.2, 0) is 11.2 Å². The van der Waals surface area contributed by atoms with Crippen LogP contribution < -0.4 is 11.1 Å². The fraction of sp³-hybridized carbons (Fsp3) is 0.500. The van der Waals surface area contributed by atoms with Crippen molar-refractivity contribution in [1.82, 2.24) is 10.3 Å². The first-order valence-corrected chi connectivity index (χ1v) is 8.55. The van der Waals surface area contributed by atoms with Gasteiger partial charge in [0.15, 0.2) is 0 Å². The molecule has 1 aliphatic rings. The third-order valence-electron chi connectivity index (χ3n) is 4.09. The maximum Gasteiger partial charge on any atom is 0.236 e. The van der Waals surface area contributed by atoms with Gasteiger partial charge < -0.3 is 15.5 Å². The van der Waals surface area contributed by atoms with Crippen LogP contribution in [0.2, 0.25) is 0 Å². The predicted molar refractivity (Wildman–Crippen MR) is 86.6 cm³/mol. The van der Waals surface area contributed by atoms with Gasteiger partial charge in [-0.15, -0.1) is 11.3 Å². The second kappa shape index (κ2) is 6.62. The maximum absolute atomic E-state index is 12.2. The smallest absolute Gasteiger partial charge is 0.236 e. The third-order valence-corrected chi connectivity index (χ3v) is 4.95. The molecule has 2 heterocycles. The highest BCUT2D eigenvalue weighted by atomic mass is 32.1. The van der Waals surface area contributed by atoms with Gasteiger partial charge in [0.2, 0.25) is 11.8 Å². The Balaban J connectivity index is 1.60. The van der Waals surface area contributed by atoms with Gasteiger partial charge >= 0.3 is 0 Å². The van der Waals surface area contributed by atoms with E-state index in [2.05, 4.69) is 10.3 Å². The van der Waals surface area contributed by atoms with Crippen molar-refractivity contribution in [3.63, 3.8) is 0 Å². The number of amides is 1. The van der Waals surface area contributed by atoms with Gasteiger partial charge in [-0.25, -0.2) is 4.98 Å². The van der Waals surface area contributed by atoms with E-state index in [4.69, 9.17) is 10.2 Å². The van der Waals surface area contributed by atoms with Crippen LogP contribution in [0.5, 0.6) is 0 Å². The van der Waals surface area contributed by atoms with E-state index in [0.717, 1.165) is 30.6 Å². The number of oxazole rings is 1. The highest BCUT2D eigenvalue weighted by Crippen LogP contribution is 2.26. The summed E-state index contributed by atoms with van der Waals surface area (Å²) in [6.45, 7) is 1.85. The van der Waals surface area contributed by atoms with Crippen molar-refractivity contribution in [2.75, 3.05) is 0 Å². The molecule has 2 aromatic heterocycles. The number of carbonyl (C=O) groups is 1. The summed E-state index contributed by atoms with van der Waals surface area (Å²) in [5.74, 6) is 1.32. The molecule has 0 aromatic carbocycles. The number of hydrogen-bond donors (Lipinski definition) is 2. The van der Waals surface area contributed by atoms with Crippen LogP contribution in [0.25, 0.3) is 10.8 Å². The van der Waals surface area contributed by atoms with Crippen molar-refractivity contribution in [3.8, 4) is 10.8 Å². The average molecular weight is 319 g/mol. The number of nitrogens with one attached hydrogen (secondary N) is 1. The number of carbonyl (C=O) groups excluding carboxylic acids is 1. The molecule has 5 nitrogen and oxygen atoms in total. The minimum absolute atomic E-state index is 0.00889. The van der Waals surface area contributed by atoms with Crippen LogP contribution in [0.4, 0.5) is 0 Å². The van der Waals surface area contributed by atoms with E-state index in [-0.39, 0.29) is 18.4 Å². The van der Waals surface area contributed by atoms with Gasteiger partial charge in [-0.2, -0.15) is 0 Å². The molecule has 0 unspecified atom stereocenters. The molecule has 2 aromatic rings. The van der Waals surface area contributed by atoms with E-state index >= 15 is 0 Å². The zero-order valence-electron chi connectivity index (χ0n) is 12.7. The Morgan fingerprint density at radius 3 is 2.91 bits per heavy atom. The molecular formula is C16H21N3O2S. The number of rotatable bonds is 4. The standard InChI is InChI=1S/C16H21N3O2S/c1-10-13(19-16(21-10)14-3-2-8-22-14)9-15(20)18-12-6-4-11(17)5-7-12/h2-3,8,11-12H,4-7,9,17H2,1H3,(H,18,20). The molecule has 0 bridgehead atoms. The van der Waals surface area contributed by atoms with E-state index in [1.807, 2.05) is 24.4 Å². The molecule has 1 amide bonds. The van der Waals surface area contributed by atoms with Crippen LogP contribution >= 0.6 is 11.3 Å². The molecule has 0 saturated heterocycles. The quantitative estimate of drug-likeness (QED) is 0.908. The number of nitrogens with zero attached hydrogens (tertiary/aromatic N) is 1. The fourth-order valence-corrected chi connectivity index (χ4v) is 3.44. The van der Waals surface area contributed by atoms with E-state index in [0.29, 0.717) is 23.4 Å². The minimum atomic E-state index is 0.00889. The summed E-state index contributed by atoms with van der Waals surface area (Å²) in [7, 11) is 0. The molecule has 0 radical (unpaired) electrons. The topological polar surface area (TPSA) is 81.2 Å². The molecule has 1 saturated carbocycles. The first-order valence-electron chi connectivity index (χ1n) is 7.67. The van der Waals surface area contributed by atoms with E-state index in [1.165, 1.54) is 0 Å². The zero-order chi connectivity index (χ0) is 15.5. The second-order valence-corrected chi connectivity index (χ2v) is 6.80. The molecule has 0 atom stereocenters. The third kappa shape index (κ3) is 3.56. The predicted octanol–water partition coefficient (Wildman–Crippen LogP) is 2.64. The number of thiophene rings is 1. The average Bonchev–Trinajstić information content (AvgIpc) is 3.12. The van der Waals surface area contributed by atoms with Crippen molar-refractivity contribution in [3.05, 3.63) is 29.0 Å². The molecular weight excluding hydrogens is 298 g/mol. The van der Waals surface area contributed by atoms with Crippen molar-refractivity contribution < 1.29 is 9.21 Å². The Hall–Kier alpha value is -1.66. The Morgan fingerprint density at radius 2 is 2.23 bits per heavy atom. The lowest BCUT2D eigenvalue weighted by molar-refractivity contribution is -0.121. The van der Waals surface area contributed by atoms with Crippen molar-refractivity contribution >= 4 is 17.2 Å². The van der Waals surface area contributed by atoms with Crippen LogP contribution in [0.15, 0.2) is 21.9 Å². The highest BCUT2D eigenvalue weighted by Gasteiger charge is 2.21. The number of hydrogen-bond acceptors (Lipinski definition) is 5. The molecule has 1 aliphatic carbocycles. The van der Waals surface area contributed by atoms with E-state index in [9.17, 15) is 4.79 Å². The summed E-state index contributed by atoms with van der Waals surface area (Å²) < 4.78 is 5.67. The summed E-state index contributed by atoms with van der Waals surface area (Å²) in [6.07, 6.45) is 4.16. The molecule has 3 rings (SSSR count). The SMILES string of the molecule is Cc1oc(-c2cccs2)nc1CC(=O)NC1CCC(N)CC1. The van der Waals surface area contributed by atoms with Gasteiger partial charge in [-0.3, -0.25) is 4.79 Å². The van der Waals surface area contributed by atoms with Crippen LogP contribution in [0, 0.1) is 6.92 Å². The minimum Gasteiger partial charge on any atom is -0.440 e. The Kier molecular flexibility index (Phi) is 4.59. The van der Waals surface area contributed by atoms with Crippen molar-refractivity contribution in [2.24, 2.45) is 5.73 Å². The molecule has 0 aliphatic heterocycles. The lowest BCUT2D eigenvalue weighted by Crippen LogP contribution is -2.41. The van der Waals surface area contributed by atoms with Gasteiger partial charge in [0, 0.05) is 12.1 Å². The van der Waals surface area contributed by atoms with Gasteiger partial charge in [-0.1, -0.05) is 6.07 Å². The summed E-state index contributed by atoms with van der Waals surface area (Å²) in [5.41, 5.74) is 6.60. The van der Waals surface area contributed by atoms with E-state index < -0.39 is 0 Å². The maximum atomic E-state index is 12.2. The molecule has 0 spiro atoms. The van der Waals surface area contributed by atoms with Crippen LogP contribution in [0.1, 0.15) is 37.1 Å². The first kappa shape index (κ1) is 15.2. The van der Waals surface area contributed by atoms with Crippen molar-refractivity contribution in [1.29, 1.82) is 0 Å². The second-order valence-electron chi connectivity index (χ2n) is 5.86. The monoisotopic (exact) mass is 319 g/mol. The largest absolute Gasteiger partial charge is 0.440 e. The number of nitrogens with two attached hydrogens (primary N) is 1. The van der Waals surface area contributed by atoms with Gasteiger partial charge in [-0.05, 0) is 44.1 Å². The molecule has 1 fully saturated rings. The Morgan fingerprint density at radius 1 is 1.45 bits per heavy atom. The van der Waals surface area contributed by atoms with Gasteiger partial charge in [0.1, 0.15) is 5.76 Å². The summed E-state index contributed by atoms with van der Waals surface area (Å²) in [4.78, 5) is 17.6. The zero-order valence-corrected chi connectivity index (χ0v) is 13.5. The van der Waals surface area contributed by atoms with Crippen molar-refractivity contribution in [2.45, 2.75) is 51.1 Å². The lowest BCUT2D eigenvalue weighted by atomic mass is 9.92. The molecule has 22 heavy (non-hydrogen) atoms. The Bertz CT molecular complexity index is 628. The Labute approximate surface area is 133 Å². The van der Waals surface area contributed by atoms with Crippen LogP contribution in [-0.4, -0.2) is 23.0 Å². The highest BCUT2D eigenvalue weighted by molar-refractivity contribution is 7.13. The number of aromatic nitrogens is 1.